The molecule has 0 spiro atoms. The van der Waals surface area contributed by atoms with Crippen LogP contribution in [0.15, 0.2) is 24.3 Å². The smallest absolute Gasteiger partial charge is 0.312 e. The van der Waals surface area contributed by atoms with Gasteiger partial charge in [0.1, 0.15) is 0 Å². The van der Waals surface area contributed by atoms with Gasteiger partial charge in [0, 0.05) is 5.92 Å². The Morgan fingerprint density at radius 2 is 1.92 bits per heavy atom. The van der Waals surface area contributed by atoms with Crippen LogP contribution in [-0.2, 0) is 4.79 Å². The van der Waals surface area contributed by atoms with Gasteiger partial charge in [-0.3, -0.25) is 4.79 Å². The fraction of sp³-hybridized carbons (Fsp3) is 0.750. The third-order valence-corrected chi connectivity index (χ3v) is 7.54. The van der Waals surface area contributed by atoms with Gasteiger partial charge in [-0.05, 0) is 55.8 Å². The molecule has 0 aliphatic heterocycles. The molecule has 0 aromatic carbocycles. The second-order valence-corrected chi connectivity index (χ2v) is 8.98. The maximum absolute atomic E-state index is 12.0. The number of carbonyl (C=O) groups is 1. The monoisotopic (exact) mass is 334 g/mol. The topological polar surface area (TPSA) is 77.8 Å². The van der Waals surface area contributed by atoms with Gasteiger partial charge in [-0.2, -0.15) is 0 Å². The lowest BCUT2D eigenvalue weighted by Gasteiger charge is -2.60. The summed E-state index contributed by atoms with van der Waals surface area (Å²) in [7, 11) is 0. The van der Waals surface area contributed by atoms with Gasteiger partial charge in [0.05, 0.1) is 17.6 Å². The highest BCUT2D eigenvalue weighted by molar-refractivity contribution is 5.76. The standard InChI is InChI=1S/C20H30O4/c1-5-18(2)8-6-13-12(11-18)10-14(21)16-19(13,3)9-7-15(22)20(16,4)17(23)24/h5,10,13-16,21-22H,1,6-9,11H2,2-4H3,(H,23,24)/t13-,14-,15+,16-,18-,19-,20+/m1/s1. The molecule has 2 fully saturated rings. The van der Waals surface area contributed by atoms with Gasteiger partial charge in [-0.25, -0.2) is 0 Å². The predicted molar refractivity (Wildman–Crippen MR) is 92.3 cm³/mol. The largest absolute Gasteiger partial charge is 0.481 e. The summed E-state index contributed by atoms with van der Waals surface area (Å²) in [5.74, 6) is -1.19. The number of hydrogen-bond acceptors (Lipinski definition) is 3. The van der Waals surface area contributed by atoms with Crippen LogP contribution in [0.1, 0.15) is 52.9 Å². The van der Waals surface area contributed by atoms with E-state index in [2.05, 4.69) is 20.4 Å². The summed E-state index contributed by atoms with van der Waals surface area (Å²) in [6.07, 6.45) is 6.28. The summed E-state index contributed by atoms with van der Waals surface area (Å²) >= 11 is 0. The number of aliphatic hydroxyl groups is 2. The Morgan fingerprint density at radius 3 is 2.50 bits per heavy atom. The summed E-state index contributed by atoms with van der Waals surface area (Å²) in [4.78, 5) is 12.0. The maximum atomic E-state index is 12.0. The summed E-state index contributed by atoms with van der Waals surface area (Å²) in [5.41, 5.74) is -0.305. The summed E-state index contributed by atoms with van der Waals surface area (Å²) < 4.78 is 0. The highest BCUT2D eigenvalue weighted by Gasteiger charge is 2.64. The molecule has 3 N–H and O–H groups in total. The van der Waals surface area contributed by atoms with Crippen molar-refractivity contribution >= 4 is 5.97 Å². The maximum Gasteiger partial charge on any atom is 0.312 e. The van der Waals surface area contributed by atoms with Gasteiger partial charge in [-0.1, -0.05) is 31.6 Å². The zero-order valence-corrected chi connectivity index (χ0v) is 15.0. The van der Waals surface area contributed by atoms with Crippen molar-refractivity contribution in [2.45, 2.75) is 65.1 Å². The fourth-order valence-corrected chi connectivity index (χ4v) is 5.96. The quantitative estimate of drug-likeness (QED) is 0.678. The summed E-state index contributed by atoms with van der Waals surface area (Å²) in [6.45, 7) is 9.90. The minimum absolute atomic E-state index is 0.0511. The molecule has 0 aromatic heterocycles. The number of carboxylic acids is 1. The number of rotatable bonds is 2. The van der Waals surface area contributed by atoms with E-state index in [0.717, 1.165) is 25.7 Å². The van der Waals surface area contributed by atoms with E-state index < -0.39 is 29.5 Å². The Morgan fingerprint density at radius 1 is 1.25 bits per heavy atom. The van der Waals surface area contributed by atoms with Gasteiger partial charge in [0.2, 0.25) is 0 Å². The van der Waals surface area contributed by atoms with E-state index in [1.165, 1.54) is 5.57 Å². The van der Waals surface area contributed by atoms with E-state index in [1.807, 2.05) is 12.2 Å². The molecule has 4 nitrogen and oxygen atoms in total. The molecule has 7 atom stereocenters. The van der Waals surface area contributed by atoms with Gasteiger partial charge >= 0.3 is 5.97 Å². The molecule has 134 valence electrons. The molecular formula is C20H30O4. The first-order chi connectivity index (χ1) is 11.1. The first-order valence-corrected chi connectivity index (χ1v) is 9.02. The molecule has 24 heavy (non-hydrogen) atoms. The predicted octanol–water partition coefficient (Wildman–Crippen LogP) is 3.15. The van der Waals surface area contributed by atoms with Crippen molar-refractivity contribution in [2.75, 3.05) is 0 Å². The van der Waals surface area contributed by atoms with Crippen molar-refractivity contribution in [1.29, 1.82) is 0 Å². The number of aliphatic carboxylic acids is 1. The van der Waals surface area contributed by atoms with E-state index in [1.54, 1.807) is 6.92 Å². The highest BCUT2D eigenvalue weighted by atomic mass is 16.4. The van der Waals surface area contributed by atoms with Crippen molar-refractivity contribution in [3.8, 4) is 0 Å². The van der Waals surface area contributed by atoms with Gasteiger partial charge < -0.3 is 15.3 Å². The van der Waals surface area contributed by atoms with Crippen LogP contribution in [0.5, 0.6) is 0 Å². The van der Waals surface area contributed by atoms with Crippen molar-refractivity contribution in [2.24, 2.45) is 28.1 Å². The second kappa shape index (κ2) is 5.43. The third kappa shape index (κ3) is 2.22. The lowest BCUT2D eigenvalue weighted by atomic mass is 9.44. The Balaban J connectivity index is 2.08. The summed E-state index contributed by atoms with van der Waals surface area (Å²) in [5, 5.41) is 31.2. The molecule has 3 aliphatic carbocycles. The van der Waals surface area contributed by atoms with Crippen LogP contribution in [-0.4, -0.2) is 33.5 Å². The van der Waals surface area contributed by atoms with E-state index in [-0.39, 0.29) is 16.7 Å². The molecule has 0 radical (unpaired) electrons. The second-order valence-electron chi connectivity index (χ2n) is 8.98. The van der Waals surface area contributed by atoms with Crippen molar-refractivity contribution in [3.05, 3.63) is 24.3 Å². The van der Waals surface area contributed by atoms with E-state index >= 15 is 0 Å². The molecule has 0 aromatic rings. The SMILES string of the molecule is C=C[C@]1(C)CC[C@@H]2C(=C[C@@H](O)[C@@H]3[C@]2(C)CC[C@H](O)[C@]3(C)C(=O)O)C1. The van der Waals surface area contributed by atoms with Crippen LogP contribution < -0.4 is 0 Å². The Labute approximate surface area is 144 Å². The average Bonchev–Trinajstić information content (AvgIpc) is 2.50. The van der Waals surface area contributed by atoms with E-state index in [9.17, 15) is 20.1 Å². The zero-order valence-electron chi connectivity index (χ0n) is 15.0. The Bertz CT molecular complexity index is 596. The first-order valence-electron chi connectivity index (χ1n) is 9.02. The average molecular weight is 334 g/mol. The molecule has 0 amide bonds. The van der Waals surface area contributed by atoms with Crippen LogP contribution in [0.3, 0.4) is 0 Å². The first kappa shape index (κ1) is 17.7. The van der Waals surface area contributed by atoms with Crippen LogP contribution in [0.2, 0.25) is 0 Å². The van der Waals surface area contributed by atoms with Crippen molar-refractivity contribution in [3.63, 3.8) is 0 Å². The minimum atomic E-state index is -1.31. The fourth-order valence-electron chi connectivity index (χ4n) is 5.96. The number of hydrogen-bond donors (Lipinski definition) is 3. The lowest BCUT2D eigenvalue weighted by molar-refractivity contribution is -0.194. The molecule has 0 heterocycles. The molecular weight excluding hydrogens is 304 g/mol. The molecule has 3 rings (SSSR count). The molecule has 0 saturated heterocycles. The number of fused-ring (bicyclic) bond motifs is 3. The third-order valence-electron chi connectivity index (χ3n) is 7.54. The molecule has 3 aliphatic rings. The van der Waals surface area contributed by atoms with E-state index in [4.69, 9.17) is 0 Å². The van der Waals surface area contributed by atoms with Gasteiger partial charge in [0.25, 0.3) is 0 Å². The zero-order chi connectivity index (χ0) is 17.9. The Kier molecular flexibility index (Phi) is 4.00. The van der Waals surface area contributed by atoms with Crippen LogP contribution in [0.4, 0.5) is 0 Å². The number of carboxylic acid groups (broad SMARTS) is 1. The molecule has 4 heteroatoms. The van der Waals surface area contributed by atoms with Crippen molar-refractivity contribution < 1.29 is 20.1 Å². The lowest BCUT2D eigenvalue weighted by Crippen LogP contribution is -2.63. The number of aliphatic hydroxyl groups excluding tert-OH is 2. The molecule has 0 unspecified atom stereocenters. The minimum Gasteiger partial charge on any atom is -0.481 e. The van der Waals surface area contributed by atoms with Crippen LogP contribution in [0, 0.1) is 28.1 Å². The Hall–Kier alpha value is -1.13. The number of allylic oxidation sites excluding steroid dienone is 2. The van der Waals surface area contributed by atoms with Crippen LogP contribution >= 0.6 is 0 Å². The highest BCUT2D eigenvalue weighted by Crippen LogP contribution is 2.63. The summed E-state index contributed by atoms with van der Waals surface area (Å²) in [6, 6.07) is 0. The molecule has 0 bridgehead atoms. The van der Waals surface area contributed by atoms with Crippen LogP contribution in [0.25, 0.3) is 0 Å². The van der Waals surface area contributed by atoms with Gasteiger partial charge in [0.15, 0.2) is 0 Å². The normalized spacial score (nSPS) is 51.1. The molecule has 2 saturated carbocycles. The van der Waals surface area contributed by atoms with Crippen molar-refractivity contribution in [1.82, 2.24) is 0 Å². The van der Waals surface area contributed by atoms with Gasteiger partial charge in [-0.15, -0.1) is 6.58 Å². The van der Waals surface area contributed by atoms with E-state index in [0.29, 0.717) is 6.42 Å².